The molecule has 25 heavy (non-hydrogen) atoms. The first kappa shape index (κ1) is 18.1. The number of hydrogen-bond acceptors (Lipinski definition) is 5. The van der Waals surface area contributed by atoms with E-state index >= 15 is 0 Å². The van der Waals surface area contributed by atoms with Crippen LogP contribution in [0.1, 0.15) is 32.1 Å². The van der Waals surface area contributed by atoms with Gasteiger partial charge in [-0.15, -0.1) is 0 Å². The van der Waals surface area contributed by atoms with Gasteiger partial charge >= 0.3 is 6.03 Å². The van der Waals surface area contributed by atoms with Crippen molar-refractivity contribution in [3.05, 3.63) is 0 Å². The monoisotopic (exact) mass is 351 g/mol. The minimum absolute atomic E-state index is 0.175. The Morgan fingerprint density at radius 3 is 2.52 bits per heavy atom. The fourth-order valence-corrected chi connectivity index (χ4v) is 4.16. The van der Waals surface area contributed by atoms with E-state index in [-0.39, 0.29) is 24.4 Å². The molecule has 2 N–H and O–H groups in total. The number of nitrogens with one attached hydrogen (secondary N) is 2. The maximum atomic E-state index is 12.8. The predicted molar refractivity (Wildman–Crippen MR) is 93.0 cm³/mol. The van der Waals surface area contributed by atoms with E-state index in [0.717, 1.165) is 56.9 Å². The molecule has 4 amide bonds. The number of carbonyl (C=O) groups excluding carboxylic acids is 3. The summed E-state index contributed by atoms with van der Waals surface area (Å²) < 4.78 is 0. The first-order chi connectivity index (χ1) is 12.0. The van der Waals surface area contributed by atoms with Crippen molar-refractivity contribution < 1.29 is 14.4 Å². The van der Waals surface area contributed by atoms with E-state index in [9.17, 15) is 14.4 Å². The van der Waals surface area contributed by atoms with Crippen molar-refractivity contribution in [3.8, 4) is 0 Å². The highest BCUT2D eigenvalue weighted by atomic mass is 16.2. The van der Waals surface area contributed by atoms with E-state index in [0.29, 0.717) is 19.4 Å². The number of carbonyl (C=O) groups is 3. The second-order valence-electron chi connectivity index (χ2n) is 7.27. The summed E-state index contributed by atoms with van der Waals surface area (Å²) in [5.41, 5.74) is -0.712. The standard InChI is InChI=1S/C17H29N5O3/c1-20-16(25)22(15(24)17(20)5-3-2-4-6-17)13-14(23)19-9-12-21-10-7-18-8-11-21/h18H,2-13H2,1H3,(H,19,23). The quantitative estimate of drug-likeness (QED) is 0.659. The molecule has 0 bridgehead atoms. The largest absolute Gasteiger partial charge is 0.353 e. The van der Waals surface area contributed by atoms with Gasteiger partial charge in [-0.2, -0.15) is 0 Å². The van der Waals surface area contributed by atoms with Crippen molar-refractivity contribution >= 4 is 17.8 Å². The van der Waals surface area contributed by atoms with E-state index < -0.39 is 5.54 Å². The summed E-state index contributed by atoms with van der Waals surface area (Å²) in [6.07, 6.45) is 4.41. The molecule has 3 aliphatic rings. The smallest absolute Gasteiger partial charge is 0.327 e. The van der Waals surface area contributed by atoms with Crippen LogP contribution in [-0.2, 0) is 9.59 Å². The molecule has 1 aliphatic carbocycles. The van der Waals surface area contributed by atoms with Gasteiger partial charge in [-0.25, -0.2) is 4.79 Å². The SMILES string of the molecule is CN1C(=O)N(CC(=O)NCCN2CCNCC2)C(=O)C12CCCCC2. The lowest BCUT2D eigenvalue weighted by Gasteiger charge is -2.35. The highest BCUT2D eigenvalue weighted by molar-refractivity contribution is 6.08. The van der Waals surface area contributed by atoms with Crippen LogP contribution < -0.4 is 10.6 Å². The van der Waals surface area contributed by atoms with Crippen LogP contribution in [0.4, 0.5) is 4.79 Å². The van der Waals surface area contributed by atoms with Gasteiger partial charge in [-0.3, -0.25) is 19.4 Å². The van der Waals surface area contributed by atoms with Crippen LogP contribution >= 0.6 is 0 Å². The summed E-state index contributed by atoms with van der Waals surface area (Å²) in [5.74, 6) is -0.463. The van der Waals surface area contributed by atoms with Crippen molar-refractivity contribution in [2.24, 2.45) is 0 Å². The van der Waals surface area contributed by atoms with Crippen LogP contribution in [0.5, 0.6) is 0 Å². The Bertz CT molecular complexity index is 526. The second kappa shape index (κ2) is 7.70. The number of urea groups is 1. The van der Waals surface area contributed by atoms with Crippen molar-refractivity contribution in [1.82, 2.24) is 25.3 Å². The zero-order valence-corrected chi connectivity index (χ0v) is 15.1. The third kappa shape index (κ3) is 3.64. The Labute approximate surface area is 148 Å². The fourth-order valence-electron chi connectivity index (χ4n) is 4.16. The molecule has 2 saturated heterocycles. The zero-order chi connectivity index (χ0) is 17.9. The molecule has 0 atom stereocenters. The molecule has 3 fully saturated rings. The van der Waals surface area contributed by atoms with Crippen molar-refractivity contribution in [1.29, 1.82) is 0 Å². The maximum absolute atomic E-state index is 12.8. The molecular weight excluding hydrogens is 322 g/mol. The fraction of sp³-hybridized carbons (Fsp3) is 0.824. The van der Waals surface area contributed by atoms with E-state index in [1.165, 1.54) is 0 Å². The molecule has 1 saturated carbocycles. The number of piperazine rings is 1. The molecule has 8 nitrogen and oxygen atoms in total. The molecule has 140 valence electrons. The van der Waals surface area contributed by atoms with Crippen molar-refractivity contribution in [3.63, 3.8) is 0 Å². The minimum atomic E-state index is -0.712. The number of hydrogen-bond donors (Lipinski definition) is 2. The van der Waals surface area contributed by atoms with Gasteiger partial charge in [0.2, 0.25) is 5.91 Å². The first-order valence-corrected chi connectivity index (χ1v) is 9.34. The first-order valence-electron chi connectivity index (χ1n) is 9.34. The Morgan fingerprint density at radius 1 is 1.16 bits per heavy atom. The molecule has 2 aliphatic heterocycles. The Morgan fingerprint density at radius 2 is 1.84 bits per heavy atom. The van der Waals surface area contributed by atoms with E-state index in [1.54, 1.807) is 11.9 Å². The second-order valence-corrected chi connectivity index (χ2v) is 7.27. The number of amides is 4. The highest BCUT2D eigenvalue weighted by Gasteiger charge is 2.55. The molecule has 3 rings (SSSR count). The van der Waals surface area contributed by atoms with E-state index in [4.69, 9.17) is 0 Å². The van der Waals surface area contributed by atoms with Crippen LogP contribution in [0.25, 0.3) is 0 Å². The number of likely N-dealkylation sites (N-methyl/N-ethyl adjacent to an activating group) is 1. The molecule has 0 aromatic carbocycles. The lowest BCUT2D eigenvalue weighted by Crippen LogP contribution is -2.50. The maximum Gasteiger partial charge on any atom is 0.327 e. The highest BCUT2D eigenvalue weighted by Crippen LogP contribution is 2.39. The van der Waals surface area contributed by atoms with Crippen LogP contribution in [-0.4, -0.2) is 90.9 Å². The molecule has 0 aromatic rings. The van der Waals surface area contributed by atoms with Gasteiger partial charge in [0, 0.05) is 46.3 Å². The average Bonchev–Trinajstić information content (AvgIpc) is 2.80. The van der Waals surface area contributed by atoms with E-state index in [1.807, 2.05) is 0 Å². The van der Waals surface area contributed by atoms with Crippen LogP contribution in [0.2, 0.25) is 0 Å². The van der Waals surface area contributed by atoms with Crippen LogP contribution in [0.15, 0.2) is 0 Å². The molecular formula is C17H29N5O3. The van der Waals surface area contributed by atoms with Gasteiger partial charge in [0.1, 0.15) is 12.1 Å². The van der Waals surface area contributed by atoms with Gasteiger partial charge in [0.05, 0.1) is 0 Å². The Hall–Kier alpha value is -1.67. The Kier molecular flexibility index (Phi) is 5.58. The number of rotatable bonds is 5. The number of nitrogens with zero attached hydrogens (tertiary/aromatic N) is 3. The molecule has 0 radical (unpaired) electrons. The molecule has 1 spiro atoms. The minimum Gasteiger partial charge on any atom is -0.353 e. The number of imide groups is 1. The summed E-state index contributed by atoms with van der Waals surface area (Å²) in [7, 11) is 1.69. The average molecular weight is 351 g/mol. The molecule has 8 heteroatoms. The summed E-state index contributed by atoms with van der Waals surface area (Å²) in [6.45, 7) is 5.05. The third-order valence-electron chi connectivity index (χ3n) is 5.75. The van der Waals surface area contributed by atoms with Gasteiger partial charge in [0.15, 0.2) is 0 Å². The van der Waals surface area contributed by atoms with Gasteiger partial charge in [-0.1, -0.05) is 19.3 Å². The summed E-state index contributed by atoms with van der Waals surface area (Å²) >= 11 is 0. The molecule has 0 unspecified atom stereocenters. The van der Waals surface area contributed by atoms with Gasteiger partial charge in [-0.05, 0) is 12.8 Å². The third-order valence-corrected chi connectivity index (χ3v) is 5.75. The van der Waals surface area contributed by atoms with Crippen LogP contribution in [0, 0.1) is 0 Å². The topological polar surface area (TPSA) is 85.0 Å². The zero-order valence-electron chi connectivity index (χ0n) is 15.1. The van der Waals surface area contributed by atoms with Gasteiger partial charge < -0.3 is 15.5 Å². The van der Waals surface area contributed by atoms with E-state index in [2.05, 4.69) is 15.5 Å². The lowest BCUT2D eigenvalue weighted by atomic mass is 9.81. The normalized spacial score (nSPS) is 24.2. The van der Waals surface area contributed by atoms with Crippen LogP contribution in [0.3, 0.4) is 0 Å². The Balaban J connectivity index is 1.50. The van der Waals surface area contributed by atoms with Gasteiger partial charge in [0.25, 0.3) is 5.91 Å². The lowest BCUT2D eigenvalue weighted by molar-refractivity contribution is -0.137. The summed E-state index contributed by atoms with van der Waals surface area (Å²) in [4.78, 5) is 42.5. The summed E-state index contributed by atoms with van der Waals surface area (Å²) in [6, 6.07) is -0.343. The molecule has 0 aromatic heterocycles. The summed E-state index contributed by atoms with van der Waals surface area (Å²) in [5, 5.41) is 6.13. The van der Waals surface area contributed by atoms with Crippen molar-refractivity contribution in [2.75, 3.05) is 52.9 Å². The van der Waals surface area contributed by atoms with Crippen molar-refractivity contribution in [2.45, 2.75) is 37.6 Å². The predicted octanol–water partition coefficient (Wildman–Crippen LogP) is -0.395. The molecule has 2 heterocycles.